The van der Waals surface area contributed by atoms with Crippen molar-refractivity contribution in [1.82, 2.24) is 24.9 Å². The van der Waals surface area contributed by atoms with E-state index in [0.29, 0.717) is 19.5 Å². The molecular formula is C18H27N5O2. The smallest absolute Gasteiger partial charge is 0.314 e. The van der Waals surface area contributed by atoms with Gasteiger partial charge in [0.05, 0.1) is 18.9 Å². The van der Waals surface area contributed by atoms with Crippen molar-refractivity contribution in [2.24, 2.45) is 0 Å². The normalized spacial score (nSPS) is 16.1. The lowest BCUT2D eigenvalue weighted by Crippen LogP contribution is -2.56. The van der Waals surface area contributed by atoms with E-state index in [-0.39, 0.29) is 11.6 Å². The first-order chi connectivity index (χ1) is 12.0. The number of morpholine rings is 1. The van der Waals surface area contributed by atoms with Crippen LogP contribution in [0.4, 0.5) is 4.79 Å². The molecule has 1 aliphatic heterocycles. The fraction of sp³-hybridized carbons (Fsp3) is 0.556. The fourth-order valence-electron chi connectivity index (χ4n) is 3.05. The lowest BCUT2D eigenvalue weighted by Gasteiger charge is -2.40. The highest BCUT2D eigenvalue weighted by atomic mass is 16.5. The van der Waals surface area contributed by atoms with Gasteiger partial charge in [-0.3, -0.25) is 4.90 Å². The SMILES string of the molecule is CC(C)(CNC(=O)NCCc1cn2ccccc2n1)N1CCOCC1. The van der Waals surface area contributed by atoms with Gasteiger partial charge in [-0.1, -0.05) is 6.07 Å². The second-order valence-electron chi connectivity index (χ2n) is 6.97. The van der Waals surface area contributed by atoms with Crippen LogP contribution in [0.2, 0.25) is 0 Å². The molecule has 0 unspecified atom stereocenters. The third kappa shape index (κ3) is 4.70. The Labute approximate surface area is 148 Å². The molecule has 0 atom stereocenters. The van der Waals surface area contributed by atoms with E-state index in [1.807, 2.05) is 35.0 Å². The van der Waals surface area contributed by atoms with Gasteiger partial charge in [-0.2, -0.15) is 0 Å². The van der Waals surface area contributed by atoms with Gasteiger partial charge in [0.2, 0.25) is 0 Å². The van der Waals surface area contributed by atoms with Gasteiger partial charge < -0.3 is 19.8 Å². The molecule has 0 saturated carbocycles. The predicted molar refractivity (Wildman–Crippen MR) is 96.8 cm³/mol. The molecule has 2 aromatic rings. The number of nitrogens with zero attached hydrogens (tertiary/aromatic N) is 3. The number of aromatic nitrogens is 2. The number of carbonyl (C=O) groups excluding carboxylic acids is 1. The first-order valence-electron chi connectivity index (χ1n) is 8.82. The maximum Gasteiger partial charge on any atom is 0.314 e. The molecule has 136 valence electrons. The molecule has 0 radical (unpaired) electrons. The molecule has 7 nitrogen and oxygen atoms in total. The van der Waals surface area contributed by atoms with Crippen molar-refractivity contribution in [1.29, 1.82) is 0 Å². The summed E-state index contributed by atoms with van der Waals surface area (Å²) < 4.78 is 7.37. The van der Waals surface area contributed by atoms with Crippen LogP contribution >= 0.6 is 0 Å². The Morgan fingerprint density at radius 1 is 1.28 bits per heavy atom. The summed E-state index contributed by atoms with van der Waals surface area (Å²) in [6, 6.07) is 5.77. The second kappa shape index (κ2) is 7.84. The maximum absolute atomic E-state index is 12.0. The number of carbonyl (C=O) groups is 1. The number of imidazole rings is 1. The Kier molecular flexibility index (Phi) is 5.55. The molecule has 0 spiro atoms. The molecule has 0 aromatic carbocycles. The van der Waals surface area contributed by atoms with Crippen molar-refractivity contribution in [3.8, 4) is 0 Å². The van der Waals surface area contributed by atoms with Crippen LogP contribution in [0.5, 0.6) is 0 Å². The van der Waals surface area contributed by atoms with Gasteiger partial charge in [-0.25, -0.2) is 9.78 Å². The van der Waals surface area contributed by atoms with Gasteiger partial charge in [0.15, 0.2) is 0 Å². The summed E-state index contributed by atoms with van der Waals surface area (Å²) >= 11 is 0. The van der Waals surface area contributed by atoms with Crippen molar-refractivity contribution < 1.29 is 9.53 Å². The van der Waals surface area contributed by atoms with Gasteiger partial charge in [0, 0.05) is 50.5 Å². The number of pyridine rings is 1. The highest BCUT2D eigenvalue weighted by Crippen LogP contribution is 2.14. The van der Waals surface area contributed by atoms with Crippen molar-refractivity contribution in [3.63, 3.8) is 0 Å². The third-order valence-corrected chi connectivity index (χ3v) is 4.63. The van der Waals surface area contributed by atoms with Crippen LogP contribution in [0.3, 0.4) is 0 Å². The van der Waals surface area contributed by atoms with E-state index in [1.54, 1.807) is 0 Å². The van der Waals surface area contributed by atoms with Crippen molar-refractivity contribution in [2.75, 3.05) is 39.4 Å². The summed E-state index contributed by atoms with van der Waals surface area (Å²) in [7, 11) is 0. The number of amides is 2. The first-order valence-corrected chi connectivity index (χ1v) is 8.82. The molecule has 0 bridgehead atoms. The monoisotopic (exact) mass is 345 g/mol. The highest BCUT2D eigenvalue weighted by molar-refractivity contribution is 5.73. The highest BCUT2D eigenvalue weighted by Gasteiger charge is 2.28. The Bertz CT molecular complexity index is 673. The zero-order valence-corrected chi connectivity index (χ0v) is 15.0. The first kappa shape index (κ1) is 17.7. The van der Waals surface area contributed by atoms with E-state index in [0.717, 1.165) is 37.6 Å². The Hall–Kier alpha value is -2.12. The molecule has 3 heterocycles. The van der Waals surface area contributed by atoms with Crippen LogP contribution in [0.1, 0.15) is 19.5 Å². The second-order valence-corrected chi connectivity index (χ2v) is 6.97. The minimum atomic E-state index is -0.134. The Morgan fingerprint density at radius 2 is 2.08 bits per heavy atom. The molecule has 7 heteroatoms. The Balaban J connectivity index is 1.40. The van der Waals surface area contributed by atoms with Crippen molar-refractivity contribution >= 4 is 11.7 Å². The predicted octanol–water partition coefficient (Wildman–Crippen LogP) is 1.29. The largest absolute Gasteiger partial charge is 0.379 e. The summed E-state index contributed by atoms with van der Waals surface area (Å²) in [6.07, 6.45) is 4.68. The number of fused-ring (bicyclic) bond motifs is 1. The minimum absolute atomic E-state index is 0.0806. The summed E-state index contributed by atoms with van der Waals surface area (Å²) in [5.41, 5.74) is 1.82. The zero-order chi connectivity index (χ0) is 17.7. The average Bonchev–Trinajstić information content (AvgIpc) is 3.03. The van der Waals surface area contributed by atoms with Gasteiger partial charge >= 0.3 is 6.03 Å². The number of nitrogens with one attached hydrogen (secondary N) is 2. The molecule has 2 N–H and O–H groups in total. The van der Waals surface area contributed by atoms with Crippen LogP contribution in [0.15, 0.2) is 30.6 Å². The topological polar surface area (TPSA) is 70.9 Å². The van der Waals surface area contributed by atoms with E-state index < -0.39 is 0 Å². The van der Waals surface area contributed by atoms with Gasteiger partial charge in [-0.15, -0.1) is 0 Å². The van der Waals surface area contributed by atoms with E-state index in [4.69, 9.17) is 4.74 Å². The van der Waals surface area contributed by atoms with Crippen LogP contribution in [-0.2, 0) is 11.2 Å². The lowest BCUT2D eigenvalue weighted by atomic mass is 10.0. The summed E-state index contributed by atoms with van der Waals surface area (Å²) in [6.45, 7) is 8.79. The van der Waals surface area contributed by atoms with Gasteiger partial charge in [-0.05, 0) is 26.0 Å². The van der Waals surface area contributed by atoms with Crippen molar-refractivity contribution in [2.45, 2.75) is 25.8 Å². The molecule has 2 aromatic heterocycles. The van der Waals surface area contributed by atoms with Gasteiger partial charge in [0.25, 0.3) is 0 Å². The number of ether oxygens (including phenoxy) is 1. The van der Waals surface area contributed by atoms with E-state index >= 15 is 0 Å². The summed E-state index contributed by atoms with van der Waals surface area (Å²) in [5.74, 6) is 0. The standard InChI is InChI=1S/C18H27N5O2/c1-18(2,23-9-11-25-12-10-23)14-20-17(24)19-7-6-15-13-22-8-4-3-5-16(22)21-15/h3-5,8,13H,6-7,9-12,14H2,1-2H3,(H2,19,20,24). The molecule has 3 rings (SSSR count). The Morgan fingerprint density at radius 3 is 2.84 bits per heavy atom. The van der Waals surface area contributed by atoms with Crippen LogP contribution in [0.25, 0.3) is 5.65 Å². The average molecular weight is 345 g/mol. The van der Waals surface area contributed by atoms with Crippen LogP contribution < -0.4 is 10.6 Å². The lowest BCUT2D eigenvalue weighted by molar-refractivity contribution is -0.00874. The molecule has 1 aliphatic rings. The molecule has 0 aliphatic carbocycles. The quantitative estimate of drug-likeness (QED) is 0.828. The van der Waals surface area contributed by atoms with Crippen molar-refractivity contribution in [3.05, 3.63) is 36.3 Å². The van der Waals surface area contributed by atoms with E-state index in [2.05, 4.69) is 34.4 Å². The maximum atomic E-state index is 12.0. The van der Waals surface area contributed by atoms with Gasteiger partial charge in [0.1, 0.15) is 5.65 Å². The number of urea groups is 1. The molecule has 1 saturated heterocycles. The molecule has 2 amide bonds. The van der Waals surface area contributed by atoms with Crippen LogP contribution in [-0.4, -0.2) is 65.2 Å². The molecular weight excluding hydrogens is 318 g/mol. The van der Waals surface area contributed by atoms with E-state index in [1.165, 1.54) is 0 Å². The number of rotatable bonds is 6. The number of hydrogen-bond acceptors (Lipinski definition) is 4. The third-order valence-electron chi connectivity index (χ3n) is 4.63. The minimum Gasteiger partial charge on any atom is -0.379 e. The summed E-state index contributed by atoms with van der Waals surface area (Å²) in [5, 5.41) is 5.88. The summed E-state index contributed by atoms with van der Waals surface area (Å²) in [4.78, 5) is 18.9. The van der Waals surface area contributed by atoms with Crippen LogP contribution in [0, 0.1) is 0 Å². The zero-order valence-electron chi connectivity index (χ0n) is 15.0. The fourth-order valence-corrected chi connectivity index (χ4v) is 3.05. The molecule has 25 heavy (non-hydrogen) atoms. The number of hydrogen-bond donors (Lipinski definition) is 2. The molecule has 1 fully saturated rings. The van der Waals surface area contributed by atoms with E-state index in [9.17, 15) is 4.79 Å².